The minimum absolute atomic E-state index is 0.121. The number of hydrogen-bond acceptors (Lipinski definition) is 5. The summed E-state index contributed by atoms with van der Waals surface area (Å²) in [5.74, 6) is 0.937. The standard InChI is InChI=1S/C23H16N2O3/c1-15-6-11-22(28-15)21-12-19(18-4-2-3-5-20(18)25-21)23(26)27-14-17-9-7-16(13-24)8-10-17/h2-12H,14H2,1H3. The molecule has 0 saturated heterocycles. The average Bonchev–Trinajstić information content (AvgIpc) is 3.18. The van der Waals surface area contributed by atoms with E-state index in [-0.39, 0.29) is 6.61 Å². The van der Waals surface area contributed by atoms with Crippen LogP contribution in [-0.2, 0) is 11.3 Å². The monoisotopic (exact) mass is 368 g/mol. The summed E-state index contributed by atoms with van der Waals surface area (Å²) in [6.07, 6.45) is 0. The van der Waals surface area contributed by atoms with Gasteiger partial charge in [0.15, 0.2) is 5.76 Å². The Bertz CT molecular complexity index is 1200. The molecule has 0 bridgehead atoms. The van der Waals surface area contributed by atoms with Crippen molar-refractivity contribution >= 4 is 16.9 Å². The van der Waals surface area contributed by atoms with Gasteiger partial charge in [0, 0.05) is 5.39 Å². The van der Waals surface area contributed by atoms with E-state index in [2.05, 4.69) is 11.1 Å². The van der Waals surface area contributed by atoms with Crippen molar-refractivity contribution in [3.05, 3.63) is 89.2 Å². The zero-order valence-corrected chi connectivity index (χ0v) is 15.2. The van der Waals surface area contributed by atoms with E-state index >= 15 is 0 Å². The fourth-order valence-corrected chi connectivity index (χ4v) is 2.94. The Morgan fingerprint density at radius 2 is 1.89 bits per heavy atom. The second-order valence-corrected chi connectivity index (χ2v) is 6.37. The highest BCUT2D eigenvalue weighted by molar-refractivity contribution is 6.04. The highest BCUT2D eigenvalue weighted by Gasteiger charge is 2.16. The fraction of sp³-hybridized carbons (Fsp3) is 0.0870. The lowest BCUT2D eigenvalue weighted by Crippen LogP contribution is -2.07. The Balaban J connectivity index is 1.66. The topological polar surface area (TPSA) is 76.1 Å². The summed E-state index contributed by atoms with van der Waals surface area (Å²) in [6, 6.07) is 21.8. The van der Waals surface area contributed by atoms with Crippen LogP contribution in [0.1, 0.15) is 27.2 Å². The van der Waals surface area contributed by atoms with Crippen LogP contribution >= 0.6 is 0 Å². The van der Waals surface area contributed by atoms with Crippen LogP contribution in [0.3, 0.4) is 0 Å². The molecule has 5 heteroatoms. The Labute approximate surface area is 161 Å². The van der Waals surface area contributed by atoms with Gasteiger partial charge in [-0.2, -0.15) is 5.26 Å². The SMILES string of the molecule is Cc1ccc(-c2cc(C(=O)OCc3ccc(C#N)cc3)c3ccccc3n2)o1. The number of pyridine rings is 1. The number of aromatic nitrogens is 1. The maximum Gasteiger partial charge on any atom is 0.339 e. The summed E-state index contributed by atoms with van der Waals surface area (Å²) in [6.45, 7) is 1.98. The summed E-state index contributed by atoms with van der Waals surface area (Å²) < 4.78 is 11.2. The van der Waals surface area contributed by atoms with Crippen LogP contribution in [0, 0.1) is 18.3 Å². The average molecular weight is 368 g/mol. The van der Waals surface area contributed by atoms with E-state index in [9.17, 15) is 4.79 Å². The number of fused-ring (bicyclic) bond motifs is 1. The van der Waals surface area contributed by atoms with Crippen molar-refractivity contribution in [2.75, 3.05) is 0 Å². The Kier molecular flexibility index (Phi) is 4.61. The second-order valence-electron chi connectivity index (χ2n) is 6.37. The van der Waals surface area contributed by atoms with Crippen LogP contribution in [0.25, 0.3) is 22.4 Å². The molecule has 5 nitrogen and oxygen atoms in total. The number of ether oxygens (including phenoxy) is 1. The first-order valence-electron chi connectivity index (χ1n) is 8.77. The normalized spacial score (nSPS) is 10.6. The van der Waals surface area contributed by atoms with Crippen LogP contribution in [0.5, 0.6) is 0 Å². The molecule has 4 aromatic rings. The number of esters is 1. The molecule has 0 N–H and O–H groups in total. The van der Waals surface area contributed by atoms with Gasteiger partial charge >= 0.3 is 5.97 Å². The Hall–Kier alpha value is -3.91. The largest absolute Gasteiger partial charge is 0.460 e. The summed E-state index contributed by atoms with van der Waals surface area (Å²) in [7, 11) is 0. The molecule has 0 radical (unpaired) electrons. The summed E-state index contributed by atoms with van der Waals surface area (Å²) in [5.41, 5.74) is 3.08. The molecule has 0 spiro atoms. The minimum atomic E-state index is -0.438. The van der Waals surface area contributed by atoms with Crippen molar-refractivity contribution in [1.29, 1.82) is 5.26 Å². The Morgan fingerprint density at radius 3 is 2.61 bits per heavy atom. The fourth-order valence-electron chi connectivity index (χ4n) is 2.94. The van der Waals surface area contributed by atoms with Crippen molar-refractivity contribution in [3.63, 3.8) is 0 Å². The van der Waals surface area contributed by atoms with Gasteiger partial charge in [0.1, 0.15) is 18.1 Å². The van der Waals surface area contributed by atoms with E-state index in [0.29, 0.717) is 28.1 Å². The molecule has 0 fully saturated rings. The van der Waals surface area contributed by atoms with Gasteiger partial charge in [-0.25, -0.2) is 9.78 Å². The zero-order chi connectivity index (χ0) is 19.5. The molecule has 0 atom stereocenters. The van der Waals surface area contributed by atoms with Crippen LogP contribution in [0.4, 0.5) is 0 Å². The van der Waals surface area contributed by atoms with E-state index in [1.807, 2.05) is 43.3 Å². The molecule has 0 amide bonds. The molecule has 0 unspecified atom stereocenters. The van der Waals surface area contributed by atoms with Gasteiger partial charge in [0.2, 0.25) is 0 Å². The molecule has 0 saturated carbocycles. The van der Waals surface area contributed by atoms with Gasteiger partial charge in [-0.15, -0.1) is 0 Å². The number of benzene rings is 2. The molecule has 2 aromatic heterocycles. The summed E-state index contributed by atoms with van der Waals surface area (Å²) in [5, 5.41) is 9.59. The third kappa shape index (κ3) is 3.49. The van der Waals surface area contributed by atoms with Crippen molar-refractivity contribution in [1.82, 2.24) is 4.98 Å². The number of para-hydroxylation sites is 1. The van der Waals surface area contributed by atoms with Gasteiger partial charge in [-0.1, -0.05) is 30.3 Å². The van der Waals surface area contributed by atoms with Gasteiger partial charge in [0.25, 0.3) is 0 Å². The number of hydrogen-bond donors (Lipinski definition) is 0. The molecule has 0 aliphatic rings. The number of nitriles is 1. The third-order valence-corrected chi connectivity index (χ3v) is 4.38. The second kappa shape index (κ2) is 7.37. The van der Waals surface area contributed by atoms with Gasteiger partial charge in [0.05, 0.1) is 22.7 Å². The number of rotatable bonds is 4. The first kappa shape index (κ1) is 17.5. The predicted octanol–water partition coefficient (Wildman–Crippen LogP) is 5.03. The van der Waals surface area contributed by atoms with E-state index in [1.54, 1.807) is 30.3 Å². The molecule has 4 rings (SSSR count). The van der Waals surface area contributed by atoms with Gasteiger partial charge in [-0.3, -0.25) is 0 Å². The van der Waals surface area contributed by atoms with E-state index in [4.69, 9.17) is 14.4 Å². The smallest absolute Gasteiger partial charge is 0.339 e. The Morgan fingerprint density at radius 1 is 1.11 bits per heavy atom. The number of nitrogens with zero attached hydrogens (tertiary/aromatic N) is 2. The number of furan rings is 1. The zero-order valence-electron chi connectivity index (χ0n) is 15.2. The van der Waals surface area contributed by atoms with Crippen LogP contribution in [-0.4, -0.2) is 11.0 Å². The highest BCUT2D eigenvalue weighted by atomic mass is 16.5. The lowest BCUT2D eigenvalue weighted by atomic mass is 10.1. The molecule has 28 heavy (non-hydrogen) atoms. The molecule has 2 aromatic carbocycles. The van der Waals surface area contributed by atoms with Crippen molar-refractivity contribution in [3.8, 4) is 17.5 Å². The van der Waals surface area contributed by atoms with E-state index in [0.717, 1.165) is 16.7 Å². The third-order valence-electron chi connectivity index (χ3n) is 4.38. The van der Waals surface area contributed by atoms with Crippen LogP contribution < -0.4 is 0 Å². The van der Waals surface area contributed by atoms with Crippen LogP contribution in [0.2, 0.25) is 0 Å². The lowest BCUT2D eigenvalue weighted by molar-refractivity contribution is 0.0475. The first-order valence-corrected chi connectivity index (χ1v) is 8.77. The molecule has 136 valence electrons. The molecule has 2 heterocycles. The maximum absolute atomic E-state index is 12.8. The molecular weight excluding hydrogens is 352 g/mol. The minimum Gasteiger partial charge on any atom is -0.460 e. The quantitative estimate of drug-likeness (QED) is 0.472. The van der Waals surface area contributed by atoms with Crippen molar-refractivity contribution < 1.29 is 13.9 Å². The van der Waals surface area contributed by atoms with Crippen LogP contribution in [0.15, 0.2) is 71.1 Å². The number of carbonyl (C=O) groups excluding carboxylic acids is 1. The van der Waals surface area contributed by atoms with Gasteiger partial charge < -0.3 is 9.15 Å². The lowest BCUT2D eigenvalue weighted by Gasteiger charge is -2.09. The number of carbonyl (C=O) groups is 1. The summed E-state index contributed by atoms with van der Waals surface area (Å²) in [4.78, 5) is 17.4. The maximum atomic E-state index is 12.8. The first-order chi connectivity index (χ1) is 13.6. The molecule has 0 aliphatic heterocycles. The van der Waals surface area contributed by atoms with Crippen molar-refractivity contribution in [2.45, 2.75) is 13.5 Å². The van der Waals surface area contributed by atoms with Gasteiger partial charge in [-0.05, 0) is 48.9 Å². The number of aryl methyl sites for hydroxylation is 1. The van der Waals surface area contributed by atoms with E-state index < -0.39 is 5.97 Å². The molecule has 0 aliphatic carbocycles. The van der Waals surface area contributed by atoms with Crippen molar-refractivity contribution in [2.24, 2.45) is 0 Å². The molecular formula is C23H16N2O3. The van der Waals surface area contributed by atoms with E-state index in [1.165, 1.54) is 0 Å². The summed E-state index contributed by atoms with van der Waals surface area (Å²) >= 11 is 0. The highest BCUT2D eigenvalue weighted by Crippen LogP contribution is 2.27. The predicted molar refractivity (Wildman–Crippen MR) is 104 cm³/mol.